The van der Waals surface area contributed by atoms with Crippen LogP contribution in [0.15, 0.2) is 47.6 Å². The van der Waals surface area contributed by atoms with E-state index in [1.54, 1.807) is 11.8 Å². The Bertz CT molecular complexity index is 930. The van der Waals surface area contributed by atoms with Gasteiger partial charge in [0.1, 0.15) is 5.82 Å². The molecule has 0 radical (unpaired) electrons. The number of nitrogens with zero attached hydrogens (tertiary/aromatic N) is 3. The molecule has 0 fully saturated rings. The Morgan fingerprint density at radius 1 is 1.07 bits per heavy atom. The highest BCUT2D eigenvalue weighted by Gasteiger charge is 2.17. The van der Waals surface area contributed by atoms with Crippen molar-refractivity contribution >= 4 is 23.4 Å². The topological polar surface area (TPSA) is 49.2 Å². The summed E-state index contributed by atoms with van der Waals surface area (Å²) in [6, 6.07) is 14.3. The van der Waals surface area contributed by atoms with Crippen molar-refractivity contribution in [3.8, 4) is 11.5 Å². The minimum absolute atomic E-state index is 0.590. The number of benzene rings is 2. The highest BCUT2D eigenvalue weighted by molar-refractivity contribution is 7.98. The average molecular weight is 402 g/mol. The number of hydrogen-bond donors (Lipinski definition) is 0. The lowest BCUT2D eigenvalue weighted by atomic mass is 10.2. The van der Waals surface area contributed by atoms with E-state index in [0.29, 0.717) is 24.0 Å². The van der Waals surface area contributed by atoms with Crippen molar-refractivity contribution in [2.45, 2.75) is 30.8 Å². The van der Waals surface area contributed by atoms with Crippen molar-refractivity contribution in [2.24, 2.45) is 0 Å². The molecule has 140 valence electrons. The Hall–Kier alpha value is -2.18. The third-order valence-corrected chi connectivity index (χ3v) is 5.63. The summed E-state index contributed by atoms with van der Waals surface area (Å²) in [6.45, 7) is 4.00. The quantitative estimate of drug-likeness (QED) is 0.578. The van der Waals surface area contributed by atoms with Crippen LogP contribution in [-0.2, 0) is 12.3 Å². The van der Waals surface area contributed by atoms with E-state index < -0.39 is 0 Å². The summed E-state index contributed by atoms with van der Waals surface area (Å²) in [5.41, 5.74) is 2.29. The van der Waals surface area contributed by atoms with Crippen molar-refractivity contribution in [1.29, 1.82) is 0 Å². The molecular formula is C20H20ClN3O2S. The number of rotatable bonds is 5. The molecule has 2 aromatic carbocycles. The van der Waals surface area contributed by atoms with Crippen LogP contribution in [0.25, 0.3) is 0 Å². The first-order valence-corrected chi connectivity index (χ1v) is 10.2. The van der Waals surface area contributed by atoms with Gasteiger partial charge in [-0.25, -0.2) is 0 Å². The Balaban J connectivity index is 1.51. The van der Waals surface area contributed by atoms with E-state index in [-0.39, 0.29) is 0 Å². The monoisotopic (exact) mass is 401 g/mol. The fraction of sp³-hybridized carbons (Fsp3) is 0.300. The van der Waals surface area contributed by atoms with Gasteiger partial charge in [0.25, 0.3) is 0 Å². The van der Waals surface area contributed by atoms with Crippen LogP contribution in [0.5, 0.6) is 11.5 Å². The van der Waals surface area contributed by atoms with Gasteiger partial charge in [0.05, 0.1) is 24.8 Å². The fourth-order valence-electron chi connectivity index (χ4n) is 2.93. The summed E-state index contributed by atoms with van der Waals surface area (Å²) in [6.07, 6.45) is 0.858. The molecule has 0 saturated carbocycles. The van der Waals surface area contributed by atoms with Gasteiger partial charge in [-0.1, -0.05) is 53.7 Å². The Kier molecular flexibility index (Phi) is 5.55. The molecule has 27 heavy (non-hydrogen) atoms. The van der Waals surface area contributed by atoms with E-state index in [4.69, 9.17) is 21.1 Å². The lowest BCUT2D eigenvalue weighted by Crippen LogP contribution is -2.04. The minimum Gasteiger partial charge on any atom is -0.489 e. The fourth-order valence-corrected chi connectivity index (χ4v) is 4.13. The molecule has 1 aliphatic heterocycles. The molecular weight excluding hydrogens is 382 g/mol. The summed E-state index contributed by atoms with van der Waals surface area (Å²) in [4.78, 5) is 0. The summed E-state index contributed by atoms with van der Waals surface area (Å²) < 4.78 is 13.6. The van der Waals surface area contributed by atoms with Crippen molar-refractivity contribution < 1.29 is 9.47 Å². The highest BCUT2D eigenvalue weighted by atomic mass is 35.5. The molecule has 0 unspecified atom stereocenters. The average Bonchev–Trinajstić information content (AvgIpc) is 2.87. The third-order valence-electron chi connectivity index (χ3n) is 4.32. The summed E-state index contributed by atoms with van der Waals surface area (Å²) in [5, 5.41) is 10.1. The molecule has 0 atom stereocenters. The van der Waals surface area contributed by atoms with Gasteiger partial charge in [0.2, 0.25) is 0 Å². The largest absolute Gasteiger partial charge is 0.489 e. The second-order valence-electron chi connectivity index (χ2n) is 6.35. The summed E-state index contributed by atoms with van der Waals surface area (Å²) in [5.74, 6) is 2.99. The SMILES string of the molecule is Cc1nnc(SCc2cc(Cl)c3c(c2)OCCCO3)n1Cc1ccccc1. The highest BCUT2D eigenvalue weighted by Crippen LogP contribution is 2.39. The van der Waals surface area contributed by atoms with Gasteiger partial charge in [0.15, 0.2) is 16.7 Å². The van der Waals surface area contributed by atoms with Gasteiger partial charge in [0, 0.05) is 12.2 Å². The molecule has 3 aromatic rings. The van der Waals surface area contributed by atoms with Gasteiger partial charge in [-0.3, -0.25) is 0 Å². The Morgan fingerprint density at radius 2 is 1.89 bits per heavy atom. The standard InChI is InChI=1S/C20H20ClN3O2S/c1-14-22-23-20(24(14)12-15-6-3-2-4-7-15)27-13-16-10-17(21)19-18(11-16)25-8-5-9-26-19/h2-4,6-7,10-11H,5,8-9,12-13H2,1H3. The van der Waals surface area contributed by atoms with Gasteiger partial charge in [-0.2, -0.15) is 0 Å². The first-order chi connectivity index (χ1) is 13.2. The molecule has 2 heterocycles. The van der Waals surface area contributed by atoms with Crippen LogP contribution in [0, 0.1) is 6.92 Å². The van der Waals surface area contributed by atoms with Crippen LogP contribution >= 0.6 is 23.4 Å². The lowest BCUT2D eigenvalue weighted by molar-refractivity contribution is 0.297. The second-order valence-corrected chi connectivity index (χ2v) is 7.70. The summed E-state index contributed by atoms with van der Waals surface area (Å²) in [7, 11) is 0. The van der Waals surface area contributed by atoms with Gasteiger partial charge < -0.3 is 14.0 Å². The Labute approximate surface area is 167 Å². The Morgan fingerprint density at radius 3 is 2.74 bits per heavy atom. The van der Waals surface area contributed by atoms with Crippen LogP contribution in [0.1, 0.15) is 23.4 Å². The molecule has 0 spiro atoms. The maximum absolute atomic E-state index is 6.40. The van der Waals surface area contributed by atoms with Crippen molar-refractivity contribution in [2.75, 3.05) is 13.2 Å². The number of thioether (sulfide) groups is 1. The first kappa shape index (κ1) is 18.2. The predicted molar refractivity (Wildman–Crippen MR) is 107 cm³/mol. The molecule has 1 aromatic heterocycles. The molecule has 4 rings (SSSR count). The van der Waals surface area contributed by atoms with Gasteiger partial charge >= 0.3 is 0 Å². The van der Waals surface area contributed by atoms with E-state index in [1.807, 2.05) is 37.3 Å². The van der Waals surface area contributed by atoms with E-state index in [9.17, 15) is 0 Å². The summed E-state index contributed by atoms with van der Waals surface area (Å²) >= 11 is 8.04. The molecule has 0 aliphatic carbocycles. The third kappa shape index (κ3) is 4.22. The number of ether oxygens (including phenoxy) is 2. The minimum atomic E-state index is 0.590. The van der Waals surface area contributed by atoms with E-state index in [1.165, 1.54) is 5.56 Å². The first-order valence-electron chi connectivity index (χ1n) is 8.85. The second kappa shape index (κ2) is 8.23. The van der Waals surface area contributed by atoms with Crippen LogP contribution in [0.2, 0.25) is 5.02 Å². The van der Waals surface area contributed by atoms with Crippen LogP contribution in [0.4, 0.5) is 0 Å². The van der Waals surface area contributed by atoms with Gasteiger partial charge in [-0.15, -0.1) is 10.2 Å². The number of hydrogen-bond acceptors (Lipinski definition) is 5. The number of aromatic nitrogens is 3. The van der Waals surface area contributed by atoms with Crippen LogP contribution in [0.3, 0.4) is 0 Å². The molecule has 0 saturated heterocycles. The molecule has 5 nitrogen and oxygen atoms in total. The maximum atomic E-state index is 6.40. The van der Waals surface area contributed by atoms with Crippen LogP contribution < -0.4 is 9.47 Å². The van der Waals surface area contributed by atoms with Crippen molar-refractivity contribution in [3.05, 3.63) is 64.4 Å². The zero-order valence-electron chi connectivity index (χ0n) is 15.0. The number of halogens is 1. The molecule has 7 heteroatoms. The molecule has 0 amide bonds. The van der Waals surface area contributed by atoms with E-state index in [0.717, 1.165) is 41.0 Å². The smallest absolute Gasteiger partial charge is 0.191 e. The van der Waals surface area contributed by atoms with E-state index >= 15 is 0 Å². The number of aryl methyl sites for hydroxylation is 1. The van der Waals surface area contributed by atoms with Gasteiger partial charge in [-0.05, 0) is 30.2 Å². The van der Waals surface area contributed by atoms with Crippen molar-refractivity contribution in [1.82, 2.24) is 14.8 Å². The van der Waals surface area contributed by atoms with Crippen LogP contribution in [-0.4, -0.2) is 28.0 Å². The van der Waals surface area contributed by atoms with Crippen molar-refractivity contribution in [3.63, 3.8) is 0 Å². The molecule has 1 aliphatic rings. The maximum Gasteiger partial charge on any atom is 0.191 e. The zero-order valence-corrected chi connectivity index (χ0v) is 16.6. The lowest BCUT2D eigenvalue weighted by Gasteiger charge is -2.12. The molecule has 0 N–H and O–H groups in total. The number of fused-ring (bicyclic) bond motifs is 1. The molecule has 0 bridgehead atoms. The normalized spacial score (nSPS) is 13.4. The zero-order chi connectivity index (χ0) is 18.6. The van der Waals surface area contributed by atoms with E-state index in [2.05, 4.69) is 26.9 Å². The predicted octanol–water partition coefficient (Wildman–Crippen LogP) is 4.74.